The summed E-state index contributed by atoms with van der Waals surface area (Å²) in [4.78, 5) is 0. The number of nitrogens with one attached hydrogen (secondary N) is 1. The summed E-state index contributed by atoms with van der Waals surface area (Å²) in [5.41, 5.74) is 1.73. The van der Waals surface area contributed by atoms with Gasteiger partial charge in [0.25, 0.3) is 0 Å². The molecule has 1 aliphatic carbocycles. The third-order valence-electron chi connectivity index (χ3n) is 3.78. The van der Waals surface area contributed by atoms with Crippen molar-refractivity contribution in [3.63, 3.8) is 0 Å². The van der Waals surface area contributed by atoms with Crippen molar-refractivity contribution in [1.82, 2.24) is 9.78 Å². The van der Waals surface area contributed by atoms with Crippen molar-refractivity contribution in [3.8, 4) is 0 Å². The van der Waals surface area contributed by atoms with Crippen LogP contribution < -0.4 is 5.32 Å². The minimum Gasteiger partial charge on any atom is -0.382 e. The van der Waals surface area contributed by atoms with Gasteiger partial charge in [0.2, 0.25) is 0 Å². The number of alkyl halides is 3. The number of hydrogen-bond acceptors (Lipinski definition) is 2. The zero-order valence-corrected chi connectivity index (χ0v) is 11.7. The molecule has 6 heteroatoms. The fourth-order valence-electron chi connectivity index (χ4n) is 2.68. The quantitative estimate of drug-likeness (QED) is 0.858. The molecule has 0 bridgehead atoms. The minimum absolute atomic E-state index is 0.0868. The summed E-state index contributed by atoms with van der Waals surface area (Å²) in [5, 5.41) is 7.42. The summed E-state index contributed by atoms with van der Waals surface area (Å²) in [6.07, 6.45) is 2.49. The van der Waals surface area contributed by atoms with Gasteiger partial charge in [-0.15, -0.1) is 0 Å². The molecule has 0 fully saturated rings. The molecule has 112 valence electrons. The van der Waals surface area contributed by atoms with Crippen LogP contribution in [0.2, 0.25) is 0 Å². The molecule has 0 aromatic carbocycles. The lowest BCUT2D eigenvalue weighted by molar-refractivity contribution is -0.187. The zero-order valence-electron chi connectivity index (χ0n) is 11.7. The average molecular weight is 287 g/mol. The van der Waals surface area contributed by atoms with E-state index in [0.29, 0.717) is 13.0 Å². The van der Waals surface area contributed by atoms with Gasteiger partial charge in [-0.1, -0.05) is 19.1 Å². The molecule has 0 spiro atoms. The highest BCUT2D eigenvalue weighted by Gasteiger charge is 2.44. The predicted octanol–water partition coefficient (Wildman–Crippen LogP) is 3.54. The van der Waals surface area contributed by atoms with Gasteiger partial charge in [0.05, 0.1) is 17.3 Å². The van der Waals surface area contributed by atoms with E-state index >= 15 is 0 Å². The second kappa shape index (κ2) is 5.89. The molecular weight excluding hydrogens is 267 g/mol. The smallest absolute Gasteiger partial charge is 0.382 e. The van der Waals surface area contributed by atoms with Gasteiger partial charge in [-0.25, -0.2) is 0 Å². The van der Waals surface area contributed by atoms with Crippen molar-refractivity contribution in [3.05, 3.63) is 24.0 Å². The molecule has 20 heavy (non-hydrogen) atoms. The van der Waals surface area contributed by atoms with Crippen LogP contribution in [-0.2, 0) is 13.5 Å². The van der Waals surface area contributed by atoms with Crippen LogP contribution in [0.25, 0.3) is 0 Å². The van der Waals surface area contributed by atoms with E-state index in [0.717, 1.165) is 17.8 Å². The Bertz CT molecular complexity index is 476. The van der Waals surface area contributed by atoms with Crippen molar-refractivity contribution in [2.45, 2.75) is 32.4 Å². The standard InChI is InChI=1S/C14H20F3N3/c1-3-12-13(9-20(2)19-12)18-8-10-6-4-5-7-11(10)14(15,16)17/h4-5,9-11,18H,3,6-8H2,1-2H3/t10-,11+/m0/s1. The van der Waals surface area contributed by atoms with E-state index in [1.807, 2.05) is 26.2 Å². The van der Waals surface area contributed by atoms with Crippen LogP contribution in [0.5, 0.6) is 0 Å². The Hall–Kier alpha value is -1.46. The van der Waals surface area contributed by atoms with Crippen LogP contribution in [0, 0.1) is 11.8 Å². The van der Waals surface area contributed by atoms with E-state index in [4.69, 9.17) is 0 Å². The Morgan fingerprint density at radius 2 is 2.05 bits per heavy atom. The van der Waals surface area contributed by atoms with Crippen LogP contribution >= 0.6 is 0 Å². The first kappa shape index (κ1) is 14.9. The normalized spacial score (nSPS) is 23.1. The van der Waals surface area contributed by atoms with Crippen LogP contribution in [-0.4, -0.2) is 22.5 Å². The number of allylic oxidation sites excluding steroid dienone is 2. The highest BCUT2D eigenvalue weighted by atomic mass is 19.4. The molecule has 1 aromatic heterocycles. The van der Waals surface area contributed by atoms with Crippen LogP contribution in [0.1, 0.15) is 25.5 Å². The Balaban J connectivity index is 2.03. The first-order chi connectivity index (χ1) is 9.41. The van der Waals surface area contributed by atoms with Gasteiger partial charge in [0.1, 0.15) is 0 Å². The number of hydrogen-bond donors (Lipinski definition) is 1. The lowest BCUT2D eigenvalue weighted by Gasteiger charge is -2.30. The van der Waals surface area contributed by atoms with E-state index in [1.165, 1.54) is 0 Å². The Labute approximate surface area is 116 Å². The number of nitrogens with zero attached hydrogens (tertiary/aromatic N) is 2. The highest BCUT2D eigenvalue weighted by molar-refractivity contribution is 5.46. The summed E-state index contributed by atoms with van der Waals surface area (Å²) in [7, 11) is 1.81. The summed E-state index contributed by atoms with van der Waals surface area (Å²) >= 11 is 0. The third-order valence-corrected chi connectivity index (χ3v) is 3.78. The molecule has 1 aromatic rings. The molecule has 1 heterocycles. The number of aryl methyl sites for hydroxylation is 2. The summed E-state index contributed by atoms with van der Waals surface area (Å²) in [6.45, 7) is 2.31. The molecule has 2 rings (SSSR count). The van der Waals surface area contributed by atoms with Crippen molar-refractivity contribution in [2.24, 2.45) is 18.9 Å². The van der Waals surface area contributed by atoms with Gasteiger partial charge >= 0.3 is 6.18 Å². The van der Waals surface area contributed by atoms with E-state index in [1.54, 1.807) is 10.8 Å². The van der Waals surface area contributed by atoms with Crippen molar-refractivity contribution >= 4 is 5.69 Å². The van der Waals surface area contributed by atoms with E-state index < -0.39 is 18.0 Å². The van der Waals surface area contributed by atoms with E-state index in [9.17, 15) is 13.2 Å². The van der Waals surface area contributed by atoms with Gasteiger partial charge in [-0.2, -0.15) is 18.3 Å². The Kier molecular flexibility index (Phi) is 4.40. The molecule has 0 radical (unpaired) electrons. The lowest BCUT2D eigenvalue weighted by Crippen LogP contribution is -2.35. The Morgan fingerprint density at radius 3 is 2.70 bits per heavy atom. The topological polar surface area (TPSA) is 29.9 Å². The average Bonchev–Trinajstić information content (AvgIpc) is 2.76. The van der Waals surface area contributed by atoms with Gasteiger partial charge in [-0.05, 0) is 25.2 Å². The second-order valence-electron chi connectivity index (χ2n) is 5.25. The largest absolute Gasteiger partial charge is 0.392 e. The fraction of sp³-hybridized carbons (Fsp3) is 0.643. The molecule has 0 amide bonds. The molecule has 1 N–H and O–H groups in total. The van der Waals surface area contributed by atoms with Gasteiger partial charge < -0.3 is 5.32 Å². The summed E-state index contributed by atoms with van der Waals surface area (Å²) in [6, 6.07) is 0. The number of anilines is 1. The SMILES string of the molecule is CCc1nn(C)cc1NC[C@@H]1CC=CC[C@H]1C(F)(F)F. The molecule has 0 aliphatic heterocycles. The molecular formula is C14H20F3N3. The third kappa shape index (κ3) is 3.35. The number of halogens is 3. The van der Waals surface area contributed by atoms with Crippen molar-refractivity contribution in [1.29, 1.82) is 0 Å². The Morgan fingerprint density at radius 1 is 1.35 bits per heavy atom. The highest BCUT2D eigenvalue weighted by Crippen LogP contribution is 2.39. The number of aromatic nitrogens is 2. The molecule has 0 saturated heterocycles. The second-order valence-corrected chi connectivity index (χ2v) is 5.25. The molecule has 3 nitrogen and oxygen atoms in total. The van der Waals surface area contributed by atoms with Crippen molar-refractivity contribution < 1.29 is 13.2 Å². The van der Waals surface area contributed by atoms with Gasteiger partial charge in [0.15, 0.2) is 0 Å². The van der Waals surface area contributed by atoms with Gasteiger partial charge in [-0.3, -0.25) is 4.68 Å². The summed E-state index contributed by atoms with van der Waals surface area (Å²) < 4.78 is 40.6. The monoisotopic (exact) mass is 287 g/mol. The van der Waals surface area contributed by atoms with E-state index in [-0.39, 0.29) is 6.42 Å². The molecule has 1 aliphatic rings. The first-order valence-corrected chi connectivity index (χ1v) is 6.90. The predicted molar refractivity (Wildman–Crippen MR) is 72.5 cm³/mol. The van der Waals surface area contributed by atoms with Gasteiger partial charge in [0, 0.05) is 19.8 Å². The van der Waals surface area contributed by atoms with Crippen molar-refractivity contribution in [2.75, 3.05) is 11.9 Å². The van der Waals surface area contributed by atoms with Crippen LogP contribution in [0.15, 0.2) is 18.3 Å². The maximum Gasteiger partial charge on any atom is 0.392 e. The van der Waals surface area contributed by atoms with Crippen LogP contribution in [0.4, 0.5) is 18.9 Å². The lowest BCUT2D eigenvalue weighted by atomic mass is 9.82. The van der Waals surface area contributed by atoms with E-state index in [2.05, 4.69) is 10.4 Å². The van der Waals surface area contributed by atoms with Crippen LogP contribution in [0.3, 0.4) is 0 Å². The molecule has 2 atom stereocenters. The number of rotatable bonds is 4. The zero-order chi connectivity index (χ0) is 14.8. The maximum atomic E-state index is 13.0. The minimum atomic E-state index is -4.13. The maximum absolute atomic E-state index is 13.0. The first-order valence-electron chi connectivity index (χ1n) is 6.90. The molecule has 0 saturated carbocycles. The summed E-state index contributed by atoms with van der Waals surface area (Å²) in [5.74, 6) is -1.66. The molecule has 0 unspecified atom stereocenters. The fourth-order valence-corrected chi connectivity index (χ4v) is 2.68.